The summed E-state index contributed by atoms with van der Waals surface area (Å²) in [6.45, 7) is 6.95. The fourth-order valence-electron chi connectivity index (χ4n) is 1.74. The van der Waals surface area contributed by atoms with Gasteiger partial charge in [-0.3, -0.25) is 4.79 Å². The molecule has 0 saturated carbocycles. The molecule has 0 radical (unpaired) electrons. The van der Waals surface area contributed by atoms with Gasteiger partial charge in [0.2, 0.25) is 5.91 Å². The van der Waals surface area contributed by atoms with Gasteiger partial charge in [-0.25, -0.2) is 0 Å². The highest BCUT2D eigenvalue weighted by atomic mass is 16.5. The van der Waals surface area contributed by atoms with Gasteiger partial charge in [0.15, 0.2) is 0 Å². The van der Waals surface area contributed by atoms with E-state index in [4.69, 9.17) is 10.5 Å². The molecule has 0 aliphatic rings. The molecule has 0 spiro atoms. The third-order valence-electron chi connectivity index (χ3n) is 3.36. The third-order valence-corrected chi connectivity index (χ3v) is 3.36. The summed E-state index contributed by atoms with van der Waals surface area (Å²) in [5.74, 6) is 0.673. The number of carbonyl (C=O) groups is 1. The first-order valence-electron chi connectivity index (χ1n) is 6.53. The largest absolute Gasteiger partial charge is 0.497 e. The minimum atomic E-state index is -0.154. The molecule has 0 heterocycles. The van der Waals surface area contributed by atoms with Crippen molar-refractivity contribution < 1.29 is 9.53 Å². The first-order valence-corrected chi connectivity index (χ1v) is 6.53. The van der Waals surface area contributed by atoms with Crippen molar-refractivity contribution in [3.63, 3.8) is 0 Å². The summed E-state index contributed by atoms with van der Waals surface area (Å²) in [5.41, 5.74) is 6.46. The maximum Gasteiger partial charge on any atom is 0.224 e. The molecule has 1 unspecified atom stereocenters. The summed E-state index contributed by atoms with van der Waals surface area (Å²) < 4.78 is 5.23. The Labute approximate surface area is 115 Å². The van der Waals surface area contributed by atoms with Gasteiger partial charge in [-0.1, -0.05) is 32.9 Å². The van der Waals surface area contributed by atoms with E-state index in [0.717, 1.165) is 11.3 Å². The Bertz CT molecular complexity index is 430. The molecule has 19 heavy (non-hydrogen) atoms. The molecule has 0 aromatic heterocycles. The second kappa shape index (κ2) is 6.57. The van der Waals surface area contributed by atoms with E-state index < -0.39 is 0 Å². The highest BCUT2D eigenvalue weighted by molar-refractivity contribution is 5.78. The fourth-order valence-corrected chi connectivity index (χ4v) is 1.74. The van der Waals surface area contributed by atoms with Crippen LogP contribution in [0, 0.1) is 5.92 Å². The molecule has 4 nitrogen and oxygen atoms in total. The topological polar surface area (TPSA) is 64.3 Å². The Morgan fingerprint density at radius 2 is 2.16 bits per heavy atom. The van der Waals surface area contributed by atoms with Gasteiger partial charge in [-0.15, -0.1) is 0 Å². The van der Waals surface area contributed by atoms with Crippen molar-refractivity contribution in [3.8, 4) is 5.75 Å². The summed E-state index contributed by atoms with van der Waals surface area (Å²) in [4.78, 5) is 11.8. The summed E-state index contributed by atoms with van der Waals surface area (Å²) in [6.07, 6.45) is 0. The summed E-state index contributed by atoms with van der Waals surface area (Å²) in [5, 5.41) is 2.95. The molecule has 1 aromatic rings. The Kier molecular flexibility index (Phi) is 5.36. The lowest BCUT2D eigenvalue weighted by molar-refractivity contribution is -0.124. The summed E-state index contributed by atoms with van der Waals surface area (Å²) >= 11 is 0. The normalized spacial score (nSPS) is 12.9. The second-order valence-corrected chi connectivity index (χ2v) is 5.47. The molecule has 4 heteroatoms. The zero-order valence-corrected chi connectivity index (χ0v) is 12.2. The number of rotatable bonds is 6. The van der Waals surface area contributed by atoms with Crippen LogP contribution in [0.25, 0.3) is 0 Å². The average Bonchev–Trinajstić information content (AvgIpc) is 2.43. The van der Waals surface area contributed by atoms with E-state index in [1.54, 1.807) is 7.11 Å². The Morgan fingerprint density at radius 3 is 2.74 bits per heavy atom. The van der Waals surface area contributed by atoms with Gasteiger partial charge in [0.1, 0.15) is 5.75 Å². The standard InChI is InChI=1S/C15H24N2O2/c1-11(9-16)14(18)17-10-15(2,3)12-6-5-7-13(8-12)19-4/h5-8,11H,9-10,16H2,1-4H3,(H,17,18). The van der Waals surface area contributed by atoms with Crippen LogP contribution in [0.1, 0.15) is 26.3 Å². The van der Waals surface area contributed by atoms with Crippen LogP contribution in [0.15, 0.2) is 24.3 Å². The van der Waals surface area contributed by atoms with E-state index >= 15 is 0 Å². The van der Waals surface area contributed by atoms with Crippen molar-refractivity contribution >= 4 is 5.91 Å². The number of ether oxygens (including phenoxy) is 1. The van der Waals surface area contributed by atoms with Crippen LogP contribution in [0.5, 0.6) is 5.75 Å². The monoisotopic (exact) mass is 264 g/mol. The van der Waals surface area contributed by atoms with Crippen LogP contribution in [0.2, 0.25) is 0 Å². The fraction of sp³-hybridized carbons (Fsp3) is 0.533. The lowest BCUT2D eigenvalue weighted by Gasteiger charge is -2.26. The van der Waals surface area contributed by atoms with Gasteiger partial charge in [-0.2, -0.15) is 0 Å². The molecule has 1 rings (SSSR count). The van der Waals surface area contributed by atoms with Gasteiger partial charge in [0.05, 0.1) is 7.11 Å². The van der Waals surface area contributed by atoms with Gasteiger partial charge in [0, 0.05) is 24.4 Å². The molecule has 1 amide bonds. The van der Waals surface area contributed by atoms with Crippen molar-refractivity contribution in [1.29, 1.82) is 0 Å². The number of amides is 1. The molecule has 0 fully saturated rings. The predicted octanol–water partition coefficient (Wildman–Crippen LogP) is 1.68. The lowest BCUT2D eigenvalue weighted by atomic mass is 9.84. The maximum absolute atomic E-state index is 11.8. The number of methoxy groups -OCH3 is 1. The SMILES string of the molecule is COc1cccc(C(C)(C)CNC(=O)C(C)CN)c1. The van der Waals surface area contributed by atoms with Crippen LogP contribution in [-0.2, 0) is 10.2 Å². The molecular weight excluding hydrogens is 240 g/mol. The molecule has 0 aliphatic carbocycles. The molecule has 0 bridgehead atoms. The molecule has 1 aromatic carbocycles. The number of hydrogen-bond acceptors (Lipinski definition) is 3. The molecule has 0 saturated heterocycles. The number of nitrogens with two attached hydrogens (primary N) is 1. The van der Waals surface area contributed by atoms with Crippen molar-refractivity contribution in [2.24, 2.45) is 11.7 Å². The Hall–Kier alpha value is -1.55. The van der Waals surface area contributed by atoms with E-state index in [2.05, 4.69) is 19.2 Å². The molecule has 3 N–H and O–H groups in total. The molecule has 1 atom stereocenters. The lowest BCUT2D eigenvalue weighted by Crippen LogP contribution is -2.40. The first kappa shape index (κ1) is 15.5. The van der Waals surface area contributed by atoms with Gasteiger partial charge in [-0.05, 0) is 17.7 Å². The zero-order chi connectivity index (χ0) is 14.5. The molecule has 0 aliphatic heterocycles. The van der Waals surface area contributed by atoms with E-state index in [9.17, 15) is 4.79 Å². The molecular formula is C15H24N2O2. The minimum absolute atomic E-state index is 0.00142. The zero-order valence-electron chi connectivity index (χ0n) is 12.2. The van der Waals surface area contributed by atoms with Crippen LogP contribution < -0.4 is 15.8 Å². The number of hydrogen-bond donors (Lipinski definition) is 2. The van der Waals surface area contributed by atoms with Crippen molar-refractivity contribution in [2.75, 3.05) is 20.2 Å². The Morgan fingerprint density at radius 1 is 1.47 bits per heavy atom. The minimum Gasteiger partial charge on any atom is -0.497 e. The number of benzene rings is 1. The van der Waals surface area contributed by atoms with Crippen LogP contribution >= 0.6 is 0 Å². The number of carbonyl (C=O) groups excluding carboxylic acids is 1. The van der Waals surface area contributed by atoms with Crippen molar-refractivity contribution in [2.45, 2.75) is 26.2 Å². The van der Waals surface area contributed by atoms with E-state index in [1.807, 2.05) is 31.2 Å². The van der Waals surface area contributed by atoms with Gasteiger partial charge in [0.25, 0.3) is 0 Å². The van der Waals surface area contributed by atoms with Crippen molar-refractivity contribution in [1.82, 2.24) is 5.32 Å². The van der Waals surface area contributed by atoms with Crippen molar-refractivity contribution in [3.05, 3.63) is 29.8 Å². The quantitative estimate of drug-likeness (QED) is 0.821. The van der Waals surface area contributed by atoms with Crippen LogP contribution in [0.4, 0.5) is 0 Å². The maximum atomic E-state index is 11.8. The Balaban J connectivity index is 2.72. The van der Waals surface area contributed by atoms with Gasteiger partial charge >= 0.3 is 0 Å². The second-order valence-electron chi connectivity index (χ2n) is 5.47. The third kappa shape index (κ3) is 4.24. The smallest absolute Gasteiger partial charge is 0.224 e. The summed E-state index contributed by atoms with van der Waals surface area (Å²) in [7, 11) is 1.65. The van der Waals surface area contributed by atoms with Gasteiger partial charge < -0.3 is 15.8 Å². The highest BCUT2D eigenvalue weighted by Gasteiger charge is 2.23. The average molecular weight is 264 g/mol. The predicted molar refractivity (Wildman–Crippen MR) is 77.2 cm³/mol. The van der Waals surface area contributed by atoms with E-state index in [0.29, 0.717) is 13.1 Å². The number of nitrogens with one attached hydrogen (secondary N) is 1. The molecule has 106 valence electrons. The van der Waals surface area contributed by atoms with E-state index in [-0.39, 0.29) is 17.2 Å². The van der Waals surface area contributed by atoms with E-state index in [1.165, 1.54) is 0 Å². The summed E-state index contributed by atoms with van der Waals surface area (Å²) in [6, 6.07) is 7.91. The van der Waals surface area contributed by atoms with Crippen LogP contribution in [-0.4, -0.2) is 26.1 Å². The van der Waals surface area contributed by atoms with Crippen LogP contribution in [0.3, 0.4) is 0 Å². The first-order chi connectivity index (χ1) is 8.90. The highest BCUT2D eigenvalue weighted by Crippen LogP contribution is 2.25.